The molecule has 1 heterocycles. The Hall–Kier alpha value is -0.860. The predicted molar refractivity (Wildman–Crippen MR) is 81.2 cm³/mol. The lowest BCUT2D eigenvalue weighted by molar-refractivity contribution is 0.0979. The number of thiophene rings is 1. The molecule has 2 rings (SSSR count). The Labute approximate surface area is 132 Å². The number of rotatable bonds is 3. The van der Waals surface area contributed by atoms with Gasteiger partial charge in [-0.1, -0.05) is 51.3 Å². The Morgan fingerprint density at radius 3 is 2.63 bits per heavy atom. The van der Waals surface area contributed by atoms with Gasteiger partial charge in [0.2, 0.25) is 0 Å². The van der Waals surface area contributed by atoms with E-state index in [2.05, 4.69) is 15.9 Å². The van der Waals surface area contributed by atoms with Crippen LogP contribution in [0.4, 0.5) is 0 Å². The lowest BCUT2D eigenvalue weighted by Crippen LogP contribution is -2.10. The van der Waals surface area contributed by atoms with Crippen LogP contribution in [0, 0.1) is 11.3 Å². The third kappa shape index (κ3) is 3.18. The fourth-order valence-electron chi connectivity index (χ4n) is 1.63. The molecule has 0 aliphatic heterocycles. The Kier molecular flexibility index (Phi) is 4.64. The van der Waals surface area contributed by atoms with Crippen LogP contribution in [-0.2, 0) is 0 Å². The van der Waals surface area contributed by atoms with Gasteiger partial charge in [-0.15, -0.1) is 11.3 Å². The van der Waals surface area contributed by atoms with Gasteiger partial charge in [-0.25, -0.2) is 0 Å². The van der Waals surface area contributed by atoms with Gasteiger partial charge in [0, 0.05) is 4.47 Å². The number of benzene rings is 1. The summed E-state index contributed by atoms with van der Waals surface area (Å²) >= 11 is 16.2. The molecule has 1 aromatic carbocycles. The highest BCUT2D eigenvalue weighted by atomic mass is 79.9. The quantitative estimate of drug-likeness (QED) is 0.683. The van der Waals surface area contributed by atoms with Crippen molar-refractivity contribution in [3.63, 3.8) is 0 Å². The summed E-state index contributed by atoms with van der Waals surface area (Å²) in [6.07, 6.45) is 0. The van der Waals surface area contributed by atoms with Gasteiger partial charge in [0.05, 0.1) is 16.0 Å². The Morgan fingerprint density at radius 2 is 2.11 bits per heavy atom. The van der Waals surface area contributed by atoms with Gasteiger partial charge in [0.25, 0.3) is 0 Å². The maximum Gasteiger partial charge on any atom is 0.186 e. The van der Waals surface area contributed by atoms with Crippen LogP contribution >= 0.6 is 50.5 Å². The Balaban J connectivity index is 2.41. The van der Waals surface area contributed by atoms with E-state index in [1.807, 2.05) is 12.1 Å². The zero-order valence-corrected chi connectivity index (χ0v) is 13.3. The van der Waals surface area contributed by atoms with Crippen molar-refractivity contribution in [1.82, 2.24) is 0 Å². The van der Waals surface area contributed by atoms with Crippen molar-refractivity contribution < 1.29 is 4.79 Å². The molecule has 2 aromatic rings. The van der Waals surface area contributed by atoms with Gasteiger partial charge in [-0.05, 0) is 23.8 Å². The molecule has 96 valence electrons. The van der Waals surface area contributed by atoms with E-state index in [0.29, 0.717) is 19.8 Å². The average molecular weight is 375 g/mol. The van der Waals surface area contributed by atoms with Gasteiger partial charge >= 0.3 is 0 Å². The first kappa shape index (κ1) is 14.5. The summed E-state index contributed by atoms with van der Waals surface area (Å²) in [5.74, 6) is -1.23. The number of hydrogen-bond acceptors (Lipinski definition) is 3. The van der Waals surface area contributed by atoms with Gasteiger partial charge in [-0.2, -0.15) is 5.26 Å². The lowest BCUT2D eigenvalue weighted by Gasteiger charge is -2.08. The molecule has 0 bridgehead atoms. The fourth-order valence-corrected chi connectivity index (χ4v) is 3.52. The van der Waals surface area contributed by atoms with E-state index in [1.165, 1.54) is 6.07 Å². The first-order chi connectivity index (χ1) is 9.02. The Morgan fingerprint density at radius 1 is 1.37 bits per heavy atom. The summed E-state index contributed by atoms with van der Waals surface area (Å²) < 4.78 is 1.55. The minimum atomic E-state index is -0.888. The highest BCUT2D eigenvalue weighted by Crippen LogP contribution is 2.34. The fraction of sp³-hybridized carbons (Fsp3) is 0.0769. The molecule has 6 heteroatoms. The normalized spacial score (nSPS) is 11.9. The maximum absolute atomic E-state index is 12.3. The molecular weight excluding hydrogens is 369 g/mol. The standard InChI is InChI=1S/C13H6BrCl2NOS/c14-8-3-1-2-7(4-8)10(6-17)12(18)9-5-11(15)19-13(9)16/h1-5,10H. The number of carbonyl (C=O) groups excluding carboxylic acids is 1. The van der Waals surface area contributed by atoms with Gasteiger partial charge < -0.3 is 0 Å². The maximum atomic E-state index is 12.3. The third-order valence-electron chi connectivity index (χ3n) is 2.50. The van der Waals surface area contributed by atoms with Crippen LogP contribution in [0.25, 0.3) is 0 Å². The lowest BCUT2D eigenvalue weighted by atomic mass is 9.93. The molecule has 19 heavy (non-hydrogen) atoms. The number of hydrogen-bond donors (Lipinski definition) is 0. The SMILES string of the molecule is N#CC(C(=O)c1cc(Cl)sc1Cl)c1cccc(Br)c1. The van der Waals surface area contributed by atoms with Crippen LogP contribution in [0.5, 0.6) is 0 Å². The van der Waals surface area contributed by atoms with Gasteiger partial charge in [0.1, 0.15) is 10.3 Å². The number of nitriles is 1. The van der Waals surface area contributed by atoms with Crippen LogP contribution in [0.3, 0.4) is 0 Å². The molecule has 1 unspecified atom stereocenters. The largest absolute Gasteiger partial charge is 0.292 e. The molecule has 0 fully saturated rings. The van der Waals surface area contributed by atoms with Crippen molar-refractivity contribution in [3.05, 3.63) is 54.6 Å². The molecule has 0 aliphatic rings. The molecule has 0 saturated carbocycles. The highest BCUT2D eigenvalue weighted by molar-refractivity contribution is 9.10. The van der Waals surface area contributed by atoms with Crippen molar-refractivity contribution >= 4 is 56.3 Å². The van der Waals surface area contributed by atoms with E-state index < -0.39 is 5.92 Å². The second-order valence-electron chi connectivity index (χ2n) is 3.72. The molecule has 0 radical (unpaired) electrons. The highest BCUT2D eigenvalue weighted by Gasteiger charge is 2.25. The molecule has 2 nitrogen and oxygen atoms in total. The average Bonchev–Trinajstić information content (AvgIpc) is 2.69. The van der Waals surface area contributed by atoms with E-state index in [0.717, 1.165) is 15.8 Å². The van der Waals surface area contributed by atoms with E-state index in [-0.39, 0.29) is 5.78 Å². The minimum absolute atomic E-state index is 0.295. The summed E-state index contributed by atoms with van der Waals surface area (Å²) in [5, 5.41) is 9.24. The molecule has 0 amide bonds. The van der Waals surface area contributed by atoms with Crippen molar-refractivity contribution in [3.8, 4) is 6.07 Å². The number of ketones is 1. The first-order valence-corrected chi connectivity index (χ1v) is 7.53. The third-order valence-corrected chi connectivity index (χ3v) is 4.48. The van der Waals surface area contributed by atoms with E-state index in [4.69, 9.17) is 23.2 Å². The summed E-state index contributed by atoms with van der Waals surface area (Å²) in [6.45, 7) is 0. The number of nitrogens with zero attached hydrogens (tertiary/aromatic N) is 1. The number of carbonyl (C=O) groups is 1. The van der Waals surface area contributed by atoms with Gasteiger partial charge in [0.15, 0.2) is 5.78 Å². The summed E-state index contributed by atoms with van der Waals surface area (Å²) in [7, 11) is 0. The van der Waals surface area contributed by atoms with Crippen molar-refractivity contribution in [2.24, 2.45) is 0 Å². The molecule has 0 spiro atoms. The van der Waals surface area contributed by atoms with Crippen LogP contribution < -0.4 is 0 Å². The Bertz CT molecular complexity index is 678. The van der Waals surface area contributed by atoms with Crippen LogP contribution in [0.1, 0.15) is 21.8 Å². The van der Waals surface area contributed by atoms with Crippen molar-refractivity contribution in [2.75, 3.05) is 0 Å². The van der Waals surface area contributed by atoms with E-state index >= 15 is 0 Å². The zero-order valence-electron chi connectivity index (χ0n) is 9.36. The second kappa shape index (κ2) is 6.06. The first-order valence-electron chi connectivity index (χ1n) is 5.17. The van der Waals surface area contributed by atoms with Crippen LogP contribution in [0.15, 0.2) is 34.8 Å². The summed E-state index contributed by atoms with van der Waals surface area (Å²) in [6, 6.07) is 10.6. The molecule has 0 N–H and O–H groups in total. The molecule has 0 aliphatic carbocycles. The minimum Gasteiger partial charge on any atom is -0.292 e. The topological polar surface area (TPSA) is 40.9 Å². The summed E-state index contributed by atoms with van der Waals surface area (Å²) in [5.41, 5.74) is 0.920. The van der Waals surface area contributed by atoms with Crippen LogP contribution in [0.2, 0.25) is 8.67 Å². The van der Waals surface area contributed by atoms with E-state index in [1.54, 1.807) is 18.2 Å². The number of Topliss-reactive ketones (excluding diaryl/α,β-unsaturated/α-hetero) is 1. The summed E-state index contributed by atoms with van der Waals surface area (Å²) in [4.78, 5) is 12.3. The monoisotopic (exact) mass is 373 g/mol. The second-order valence-corrected chi connectivity index (χ2v) is 6.92. The van der Waals surface area contributed by atoms with Gasteiger partial charge in [-0.3, -0.25) is 4.79 Å². The van der Waals surface area contributed by atoms with Crippen molar-refractivity contribution in [2.45, 2.75) is 5.92 Å². The predicted octanol–water partition coefficient (Wildman–Crippen LogP) is 5.31. The van der Waals surface area contributed by atoms with Crippen LogP contribution in [-0.4, -0.2) is 5.78 Å². The number of halogens is 3. The zero-order chi connectivity index (χ0) is 14.0. The molecule has 0 saturated heterocycles. The van der Waals surface area contributed by atoms with E-state index in [9.17, 15) is 10.1 Å². The van der Waals surface area contributed by atoms with Crippen molar-refractivity contribution in [1.29, 1.82) is 5.26 Å². The molecule has 1 aromatic heterocycles. The molecular formula is C13H6BrCl2NOS. The smallest absolute Gasteiger partial charge is 0.186 e. The molecule has 1 atom stereocenters.